The van der Waals surface area contributed by atoms with E-state index in [0.717, 1.165) is 17.1 Å². The molecule has 1 unspecified atom stereocenters. The van der Waals surface area contributed by atoms with E-state index in [1.807, 2.05) is 24.4 Å². The van der Waals surface area contributed by atoms with Gasteiger partial charge in [0.15, 0.2) is 0 Å². The molecule has 0 amide bonds. The average Bonchev–Trinajstić information content (AvgIpc) is 2.31. The monoisotopic (exact) mass is 323 g/mol. The van der Waals surface area contributed by atoms with Gasteiger partial charge in [-0.2, -0.15) is 0 Å². The number of aryl methyl sites for hydroxylation is 2. The molecule has 2 rings (SSSR count). The fourth-order valence-electron chi connectivity index (χ4n) is 1.97. The van der Waals surface area contributed by atoms with Crippen LogP contribution in [0.5, 0.6) is 0 Å². The Morgan fingerprint density at radius 3 is 2.72 bits per heavy atom. The molecule has 1 atom stereocenters. The maximum Gasteiger partial charge on any atom is 0.0451 e. The average molecular weight is 325 g/mol. The first kappa shape index (κ1) is 13.6. The Morgan fingerprint density at radius 2 is 2.06 bits per heavy atom. The van der Waals surface area contributed by atoms with Gasteiger partial charge in [0.05, 0.1) is 0 Å². The van der Waals surface area contributed by atoms with E-state index in [1.54, 1.807) is 0 Å². The molecule has 0 aliphatic heterocycles. The summed E-state index contributed by atoms with van der Waals surface area (Å²) in [5.41, 5.74) is 4.72. The van der Waals surface area contributed by atoms with Gasteiger partial charge in [0, 0.05) is 28.2 Å². The Balaban J connectivity index is 2.22. The Kier molecular flexibility index (Phi) is 4.41. The Morgan fingerprint density at radius 1 is 1.28 bits per heavy atom. The zero-order valence-electron chi connectivity index (χ0n) is 10.5. The number of rotatable bonds is 3. The number of benzene rings is 1. The fourth-order valence-corrected chi connectivity index (χ4v) is 2.83. The molecule has 0 spiro atoms. The van der Waals surface area contributed by atoms with Crippen molar-refractivity contribution in [3.05, 3.63) is 63.9 Å². The third kappa shape index (κ3) is 3.33. The van der Waals surface area contributed by atoms with Crippen LogP contribution in [0, 0.1) is 13.8 Å². The van der Waals surface area contributed by atoms with Gasteiger partial charge in [0.1, 0.15) is 0 Å². The van der Waals surface area contributed by atoms with Crippen LogP contribution in [0.25, 0.3) is 0 Å². The molecule has 1 aromatic carbocycles. The van der Waals surface area contributed by atoms with Crippen LogP contribution in [0.15, 0.2) is 36.5 Å². The number of nitrogens with zero attached hydrogens (tertiary/aromatic N) is 1. The van der Waals surface area contributed by atoms with E-state index in [1.165, 1.54) is 16.7 Å². The molecular weight excluding hydrogens is 310 g/mol. The summed E-state index contributed by atoms with van der Waals surface area (Å²) in [5, 5.41) is 0.784. The number of pyridine rings is 1. The van der Waals surface area contributed by atoms with Crippen LogP contribution >= 0.6 is 27.5 Å². The smallest absolute Gasteiger partial charge is 0.0451 e. The molecule has 94 valence electrons. The largest absolute Gasteiger partial charge is 0.261 e. The van der Waals surface area contributed by atoms with Gasteiger partial charge in [-0.05, 0) is 48.7 Å². The normalized spacial score (nSPS) is 12.4. The quantitative estimate of drug-likeness (QED) is 0.722. The molecule has 1 aromatic heterocycles. The van der Waals surface area contributed by atoms with Crippen molar-refractivity contribution in [2.24, 2.45) is 0 Å². The van der Waals surface area contributed by atoms with Crippen molar-refractivity contribution < 1.29 is 0 Å². The molecule has 0 saturated heterocycles. The minimum absolute atomic E-state index is 0.239. The van der Waals surface area contributed by atoms with Crippen molar-refractivity contribution in [2.75, 3.05) is 0 Å². The number of aromatic nitrogens is 1. The van der Waals surface area contributed by atoms with Crippen LogP contribution < -0.4 is 0 Å². The molecule has 1 heterocycles. The van der Waals surface area contributed by atoms with E-state index < -0.39 is 0 Å². The molecule has 0 aliphatic carbocycles. The molecule has 1 nitrogen and oxygen atoms in total. The van der Waals surface area contributed by atoms with Crippen LogP contribution in [0.3, 0.4) is 0 Å². The van der Waals surface area contributed by atoms with Gasteiger partial charge in [-0.25, -0.2) is 0 Å². The molecular formula is C15H15BrClN. The Labute approximate surface area is 121 Å². The standard InChI is InChI=1S/C15H15BrClN/c1-10-6-12(8-13(17)7-10)14(16)9-15-11(2)4-3-5-18-15/h3-8,14H,9H2,1-2H3. The third-order valence-corrected chi connectivity index (χ3v) is 3.99. The van der Waals surface area contributed by atoms with E-state index in [2.05, 4.69) is 46.9 Å². The summed E-state index contributed by atoms with van der Waals surface area (Å²) in [6.07, 6.45) is 2.71. The third-order valence-electron chi connectivity index (χ3n) is 2.92. The van der Waals surface area contributed by atoms with Crippen molar-refractivity contribution in [1.82, 2.24) is 4.98 Å². The summed E-state index contributed by atoms with van der Waals surface area (Å²) in [7, 11) is 0. The van der Waals surface area contributed by atoms with Crippen molar-refractivity contribution in [2.45, 2.75) is 25.1 Å². The second-order valence-electron chi connectivity index (χ2n) is 4.50. The lowest BCUT2D eigenvalue weighted by molar-refractivity contribution is 0.891. The number of hydrogen-bond acceptors (Lipinski definition) is 1. The lowest BCUT2D eigenvalue weighted by atomic mass is 10.0. The Hall–Kier alpha value is -0.860. The first-order chi connectivity index (χ1) is 8.56. The molecule has 0 N–H and O–H groups in total. The maximum atomic E-state index is 6.09. The van der Waals surface area contributed by atoms with Crippen LogP contribution in [-0.4, -0.2) is 4.98 Å². The van der Waals surface area contributed by atoms with E-state index in [-0.39, 0.29) is 4.83 Å². The predicted octanol–water partition coefficient (Wildman–Crippen LogP) is 5.03. The first-order valence-corrected chi connectivity index (χ1v) is 7.17. The van der Waals surface area contributed by atoms with Gasteiger partial charge in [0.25, 0.3) is 0 Å². The zero-order valence-corrected chi connectivity index (χ0v) is 12.8. The molecule has 18 heavy (non-hydrogen) atoms. The van der Waals surface area contributed by atoms with Crippen molar-refractivity contribution in [1.29, 1.82) is 0 Å². The summed E-state index contributed by atoms with van der Waals surface area (Å²) < 4.78 is 0. The first-order valence-electron chi connectivity index (χ1n) is 5.88. The van der Waals surface area contributed by atoms with E-state index in [4.69, 9.17) is 11.6 Å². The van der Waals surface area contributed by atoms with Gasteiger partial charge in [0.2, 0.25) is 0 Å². The molecule has 3 heteroatoms. The molecule has 0 saturated carbocycles. The maximum absolute atomic E-state index is 6.09. The highest BCUT2D eigenvalue weighted by atomic mass is 79.9. The highest BCUT2D eigenvalue weighted by Crippen LogP contribution is 2.30. The molecule has 0 radical (unpaired) electrons. The highest BCUT2D eigenvalue weighted by Gasteiger charge is 2.12. The highest BCUT2D eigenvalue weighted by molar-refractivity contribution is 9.09. The second-order valence-corrected chi connectivity index (χ2v) is 6.04. The van der Waals surface area contributed by atoms with Crippen molar-refractivity contribution in [3.8, 4) is 0 Å². The number of alkyl halides is 1. The summed E-state index contributed by atoms with van der Waals surface area (Å²) in [5.74, 6) is 0. The number of halogens is 2. The van der Waals surface area contributed by atoms with Crippen LogP contribution in [0.4, 0.5) is 0 Å². The lowest BCUT2D eigenvalue weighted by Crippen LogP contribution is -2.00. The topological polar surface area (TPSA) is 12.9 Å². The predicted molar refractivity (Wildman–Crippen MR) is 80.5 cm³/mol. The molecule has 0 fully saturated rings. The van der Waals surface area contributed by atoms with Crippen LogP contribution in [0.1, 0.15) is 27.2 Å². The van der Waals surface area contributed by atoms with E-state index >= 15 is 0 Å². The zero-order chi connectivity index (χ0) is 13.1. The van der Waals surface area contributed by atoms with Crippen molar-refractivity contribution in [3.63, 3.8) is 0 Å². The Bertz CT molecular complexity index is 534. The summed E-state index contributed by atoms with van der Waals surface area (Å²) in [4.78, 5) is 4.66. The summed E-state index contributed by atoms with van der Waals surface area (Å²) >= 11 is 9.82. The van der Waals surface area contributed by atoms with Gasteiger partial charge in [-0.1, -0.05) is 39.7 Å². The van der Waals surface area contributed by atoms with Gasteiger partial charge < -0.3 is 0 Å². The van der Waals surface area contributed by atoms with E-state index in [9.17, 15) is 0 Å². The molecule has 0 bridgehead atoms. The van der Waals surface area contributed by atoms with Crippen LogP contribution in [-0.2, 0) is 6.42 Å². The molecule has 0 aliphatic rings. The van der Waals surface area contributed by atoms with Gasteiger partial charge in [-0.3, -0.25) is 4.98 Å². The lowest BCUT2D eigenvalue weighted by Gasteiger charge is -2.12. The minimum Gasteiger partial charge on any atom is -0.261 e. The van der Waals surface area contributed by atoms with Gasteiger partial charge >= 0.3 is 0 Å². The summed E-state index contributed by atoms with van der Waals surface area (Å²) in [6, 6.07) is 10.2. The van der Waals surface area contributed by atoms with E-state index in [0.29, 0.717) is 0 Å². The minimum atomic E-state index is 0.239. The second kappa shape index (κ2) is 5.85. The van der Waals surface area contributed by atoms with Gasteiger partial charge in [-0.15, -0.1) is 0 Å². The SMILES string of the molecule is Cc1cc(Cl)cc(C(Br)Cc2ncccc2C)c1. The molecule has 2 aromatic rings. The number of hydrogen-bond donors (Lipinski definition) is 0. The van der Waals surface area contributed by atoms with Crippen LogP contribution in [0.2, 0.25) is 5.02 Å². The van der Waals surface area contributed by atoms with Crippen molar-refractivity contribution >= 4 is 27.5 Å². The fraction of sp³-hybridized carbons (Fsp3) is 0.267. The summed E-state index contributed by atoms with van der Waals surface area (Å²) in [6.45, 7) is 4.15.